The molecule has 1 N–H and O–H groups in total. The van der Waals surface area contributed by atoms with Crippen LogP contribution in [0.15, 0.2) is 15.9 Å². The first-order valence-corrected chi connectivity index (χ1v) is 8.56. The summed E-state index contributed by atoms with van der Waals surface area (Å²) in [6, 6.07) is 3.00. The van der Waals surface area contributed by atoms with E-state index in [4.69, 9.17) is 0 Å². The Morgan fingerprint density at radius 2 is 2.17 bits per heavy atom. The van der Waals surface area contributed by atoms with Crippen molar-refractivity contribution in [2.45, 2.75) is 44.7 Å². The maximum atomic E-state index is 3.70. The molecule has 0 saturated heterocycles. The molecule has 102 valence electrons. The lowest BCUT2D eigenvalue weighted by Crippen LogP contribution is -2.36. The van der Waals surface area contributed by atoms with Crippen molar-refractivity contribution < 1.29 is 0 Å². The molecule has 1 fully saturated rings. The number of halogens is 1. The first-order valence-electron chi connectivity index (χ1n) is 6.89. The molecule has 2 rings (SSSR count). The second-order valence-corrected chi connectivity index (χ2v) is 7.17. The van der Waals surface area contributed by atoms with Crippen LogP contribution in [0.4, 0.5) is 0 Å². The molecule has 0 radical (unpaired) electrons. The van der Waals surface area contributed by atoms with E-state index in [-0.39, 0.29) is 0 Å². The smallest absolute Gasteiger partial charge is 0.0325 e. The summed E-state index contributed by atoms with van der Waals surface area (Å²) in [5.41, 5.74) is 0. The van der Waals surface area contributed by atoms with Crippen LogP contribution in [-0.4, -0.2) is 31.1 Å². The van der Waals surface area contributed by atoms with E-state index in [9.17, 15) is 0 Å². The van der Waals surface area contributed by atoms with Crippen molar-refractivity contribution in [1.29, 1.82) is 0 Å². The van der Waals surface area contributed by atoms with E-state index in [1.165, 1.54) is 41.5 Å². The normalized spacial score (nSPS) is 17.5. The van der Waals surface area contributed by atoms with Crippen LogP contribution in [0.3, 0.4) is 0 Å². The number of rotatable bonds is 6. The van der Waals surface area contributed by atoms with Gasteiger partial charge in [-0.05, 0) is 41.9 Å². The third-order valence-electron chi connectivity index (χ3n) is 3.58. The molecule has 0 atom stereocenters. The number of nitrogens with zero attached hydrogens (tertiary/aromatic N) is 1. The first-order chi connectivity index (χ1) is 8.74. The van der Waals surface area contributed by atoms with Crippen LogP contribution in [-0.2, 0) is 6.54 Å². The van der Waals surface area contributed by atoms with Gasteiger partial charge in [-0.1, -0.05) is 19.3 Å². The van der Waals surface area contributed by atoms with E-state index in [2.05, 4.69) is 44.6 Å². The zero-order valence-corrected chi connectivity index (χ0v) is 13.5. The largest absolute Gasteiger partial charge is 0.313 e. The first kappa shape index (κ1) is 14.5. The van der Waals surface area contributed by atoms with Gasteiger partial charge in [-0.25, -0.2) is 0 Å². The second kappa shape index (κ2) is 7.63. The third kappa shape index (κ3) is 5.00. The minimum atomic E-state index is 0.781. The van der Waals surface area contributed by atoms with Crippen LogP contribution in [0, 0.1) is 0 Å². The Hall–Kier alpha value is 0.1000. The van der Waals surface area contributed by atoms with Gasteiger partial charge in [0.25, 0.3) is 0 Å². The van der Waals surface area contributed by atoms with Crippen LogP contribution < -0.4 is 5.32 Å². The van der Waals surface area contributed by atoms with Crippen LogP contribution >= 0.6 is 27.3 Å². The summed E-state index contributed by atoms with van der Waals surface area (Å²) < 4.78 is 1.20. The molecule has 1 heterocycles. The monoisotopic (exact) mass is 330 g/mol. The fourth-order valence-electron chi connectivity index (χ4n) is 2.55. The standard InChI is InChI=1S/C14H23BrN2S/c1-17(10-14-9-12(15)11-18-14)8-7-16-13-5-3-2-4-6-13/h9,11,13,16H,2-8,10H2,1H3. The number of hydrogen-bond donors (Lipinski definition) is 1. The summed E-state index contributed by atoms with van der Waals surface area (Å²) in [4.78, 5) is 3.83. The Morgan fingerprint density at radius 3 is 2.83 bits per heavy atom. The molecule has 18 heavy (non-hydrogen) atoms. The van der Waals surface area contributed by atoms with Crippen LogP contribution in [0.1, 0.15) is 37.0 Å². The van der Waals surface area contributed by atoms with Gasteiger partial charge in [-0.3, -0.25) is 0 Å². The molecule has 1 aliphatic carbocycles. The van der Waals surface area contributed by atoms with Crippen molar-refractivity contribution >= 4 is 27.3 Å². The molecule has 1 aromatic heterocycles. The number of likely N-dealkylation sites (N-methyl/N-ethyl adjacent to an activating group) is 1. The number of nitrogens with one attached hydrogen (secondary N) is 1. The van der Waals surface area contributed by atoms with E-state index in [0.717, 1.165) is 25.7 Å². The molecule has 0 aromatic carbocycles. The van der Waals surface area contributed by atoms with Crippen molar-refractivity contribution in [1.82, 2.24) is 10.2 Å². The Balaban J connectivity index is 1.60. The molecule has 4 heteroatoms. The van der Waals surface area contributed by atoms with Gasteiger partial charge in [0, 0.05) is 40.4 Å². The molecule has 0 spiro atoms. The van der Waals surface area contributed by atoms with E-state index >= 15 is 0 Å². The fraction of sp³-hybridized carbons (Fsp3) is 0.714. The van der Waals surface area contributed by atoms with E-state index < -0.39 is 0 Å². The van der Waals surface area contributed by atoms with E-state index in [0.29, 0.717) is 0 Å². The lowest BCUT2D eigenvalue weighted by atomic mass is 9.95. The van der Waals surface area contributed by atoms with Crippen molar-refractivity contribution in [3.8, 4) is 0 Å². The Bertz CT molecular complexity index is 347. The molecule has 0 unspecified atom stereocenters. The van der Waals surface area contributed by atoms with Crippen LogP contribution in [0.5, 0.6) is 0 Å². The highest BCUT2D eigenvalue weighted by Gasteiger charge is 2.12. The summed E-state index contributed by atoms with van der Waals surface area (Å²) in [6.45, 7) is 3.31. The van der Waals surface area contributed by atoms with Crippen molar-refractivity contribution in [2.24, 2.45) is 0 Å². The van der Waals surface area contributed by atoms with Gasteiger partial charge in [0.1, 0.15) is 0 Å². The molecular weight excluding hydrogens is 308 g/mol. The highest BCUT2D eigenvalue weighted by Crippen LogP contribution is 2.20. The molecule has 1 aromatic rings. The molecule has 0 amide bonds. The Morgan fingerprint density at radius 1 is 1.39 bits per heavy atom. The zero-order valence-electron chi connectivity index (χ0n) is 11.1. The summed E-state index contributed by atoms with van der Waals surface area (Å²) in [6.07, 6.45) is 7.02. The van der Waals surface area contributed by atoms with Gasteiger partial charge >= 0.3 is 0 Å². The molecule has 1 aliphatic rings. The number of thiophene rings is 1. The molecule has 0 aliphatic heterocycles. The van der Waals surface area contributed by atoms with E-state index in [1.807, 2.05) is 11.3 Å². The average molecular weight is 331 g/mol. The summed E-state index contributed by atoms with van der Waals surface area (Å²) in [7, 11) is 2.20. The average Bonchev–Trinajstić information content (AvgIpc) is 2.76. The SMILES string of the molecule is CN(CCNC1CCCCC1)Cc1cc(Br)cs1. The highest BCUT2D eigenvalue weighted by atomic mass is 79.9. The number of hydrogen-bond acceptors (Lipinski definition) is 3. The van der Waals surface area contributed by atoms with Gasteiger partial charge in [0.15, 0.2) is 0 Å². The summed E-state index contributed by atoms with van der Waals surface area (Å²) in [5.74, 6) is 0. The van der Waals surface area contributed by atoms with Gasteiger partial charge in [0.05, 0.1) is 0 Å². The zero-order chi connectivity index (χ0) is 12.8. The fourth-order valence-corrected chi connectivity index (χ4v) is 4.08. The summed E-state index contributed by atoms with van der Waals surface area (Å²) >= 11 is 5.34. The van der Waals surface area contributed by atoms with Gasteiger partial charge in [0.2, 0.25) is 0 Å². The van der Waals surface area contributed by atoms with Gasteiger partial charge < -0.3 is 10.2 Å². The minimum absolute atomic E-state index is 0.781. The second-order valence-electron chi connectivity index (χ2n) is 5.26. The molecular formula is C14H23BrN2S. The van der Waals surface area contributed by atoms with Crippen molar-refractivity contribution in [2.75, 3.05) is 20.1 Å². The van der Waals surface area contributed by atoms with Crippen molar-refractivity contribution in [3.05, 3.63) is 20.8 Å². The van der Waals surface area contributed by atoms with Crippen LogP contribution in [0.2, 0.25) is 0 Å². The highest BCUT2D eigenvalue weighted by molar-refractivity contribution is 9.10. The maximum Gasteiger partial charge on any atom is 0.0325 e. The quantitative estimate of drug-likeness (QED) is 0.851. The predicted molar refractivity (Wildman–Crippen MR) is 83.2 cm³/mol. The van der Waals surface area contributed by atoms with Gasteiger partial charge in [-0.2, -0.15) is 0 Å². The molecule has 2 nitrogen and oxygen atoms in total. The predicted octanol–water partition coefficient (Wildman–Crippen LogP) is 3.86. The molecule has 1 saturated carbocycles. The Kier molecular flexibility index (Phi) is 6.15. The minimum Gasteiger partial charge on any atom is -0.313 e. The van der Waals surface area contributed by atoms with Gasteiger partial charge in [-0.15, -0.1) is 11.3 Å². The summed E-state index contributed by atoms with van der Waals surface area (Å²) in [5, 5.41) is 5.85. The third-order valence-corrected chi connectivity index (χ3v) is 5.26. The van der Waals surface area contributed by atoms with Crippen molar-refractivity contribution in [3.63, 3.8) is 0 Å². The lowest BCUT2D eigenvalue weighted by molar-refractivity contribution is 0.302. The Labute approximate surface area is 123 Å². The molecule has 0 bridgehead atoms. The van der Waals surface area contributed by atoms with E-state index in [1.54, 1.807) is 0 Å². The van der Waals surface area contributed by atoms with Crippen LogP contribution in [0.25, 0.3) is 0 Å². The lowest BCUT2D eigenvalue weighted by Gasteiger charge is -2.24. The maximum absolute atomic E-state index is 3.70. The topological polar surface area (TPSA) is 15.3 Å².